The first-order valence-corrected chi connectivity index (χ1v) is 7.04. The number of ether oxygens (including phenoxy) is 1. The van der Waals surface area contributed by atoms with Crippen LogP contribution in [0.3, 0.4) is 0 Å². The van der Waals surface area contributed by atoms with Crippen LogP contribution in [0.5, 0.6) is 5.75 Å². The van der Waals surface area contributed by atoms with Gasteiger partial charge in [-0.1, -0.05) is 13.0 Å². The summed E-state index contributed by atoms with van der Waals surface area (Å²) in [5.41, 5.74) is 6.94. The number of nitrogens with two attached hydrogens (primary N) is 1. The molecule has 1 heterocycles. The van der Waals surface area contributed by atoms with Crippen molar-refractivity contribution in [1.82, 2.24) is 4.90 Å². The van der Waals surface area contributed by atoms with Gasteiger partial charge in [0.1, 0.15) is 5.75 Å². The smallest absolute Gasteiger partial charge is 0.120 e. The Morgan fingerprint density at radius 1 is 1.26 bits per heavy atom. The molecule has 4 heteroatoms. The Kier molecular flexibility index (Phi) is 5.05. The number of nitrogens with zero attached hydrogens (tertiary/aromatic N) is 2. The van der Waals surface area contributed by atoms with Crippen molar-refractivity contribution >= 4 is 5.69 Å². The SMILES string of the molecule is COc1cccc(N2CCN(CC(C)CN)CC2)c1. The lowest BCUT2D eigenvalue weighted by Gasteiger charge is -2.37. The molecule has 1 atom stereocenters. The Bertz CT molecular complexity index is 389. The summed E-state index contributed by atoms with van der Waals surface area (Å²) >= 11 is 0. The van der Waals surface area contributed by atoms with E-state index in [4.69, 9.17) is 10.5 Å². The van der Waals surface area contributed by atoms with Crippen molar-refractivity contribution in [3.63, 3.8) is 0 Å². The van der Waals surface area contributed by atoms with E-state index >= 15 is 0 Å². The van der Waals surface area contributed by atoms with E-state index in [1.54, 1.807) is 7.11 Å². The minimum Gasteiger partial charge on any atom is -0.497 e. The second-order valence-electron chi connectivity index (χ2n) is 5.33. The molecule has 106 valence electrons. The van der Waals surface area contributed by atoms with E-state index in [1.807, 2.05) is 6.07 Å². The number of hydrogen-bond acceptors (Lipinski definition) is 4. The first kappa shape index (κ1) is 14.2. The maximum absolute atomic E-state index is 5.69. The fourth-order valence-corrected chi connectivity index (χ4v) is 2.51. The molecule has 1 unspecified atom stereocenters. The molecule has 1 saturated heterocycles. The van der Waals surface area contributed by atoms with Crippen LogP contribution >= 0.6 is 0 Å². The van der Waals surface area contributed by atoms with Crippen LogP contribution in [0, 0.1) is 5.92 Å². The molecule has 1 aromatic rings. The van der Waals surface area contributed by atoms with Gasteiger partial charge >= 0.3 is 0 Å². The van der Waals surface area contributed by atoms with Crippen molar-refractivity contribution < 1.29 is 4.74 Å². The zero-order chi connectivity index (χ0) is 13.7. The quantitative estimate of drug-likeness (QED) is 0.872. The van der Waals surface area contributed by atoms with E-state index in [-0.39, 0.29) is 0 Å². The molecule has 0 saturated carbocycles. The lowest BCUT2D eigenvalue weighted by molar-refractivity contribution is 0.227. The van der Waals surface area contributed by atoms with Crippen LogP contribution in [-0.4, -0.2) is 51.3 Å². The van der Waals surface area contributed by atoms with E-state index < -0.39 is 0 Å². The summed E-state index contributed by atoms with van der Waals surface area (Å²) in [6.45, 7) is 8.48. The fraction of sp³-hybridized carbons (Fsp3) is 0.600. The van der Waals surface area contributed by atoms with Crippen LogP contribution in [-0.2, 0) is 0 Å². The van der Waals surface area contributed by atoms with Gasteiger partial charge in [-0.15, -0.1) is 0 Å². The third-order valence-corrected chi connectivity index (χ3v) is 3.76. The number of benzene rings is 1. The molecular formula is C15H25N3O. The highest BCUT2D eigenvalue weighted by atomic mass is 16.5. The number of rotatable bonds is 5. The highest BCUT2D eigenvalue weighted by molar-refractivity contribution is 5.51. The summed E-state index contributed by atoms with van der Waals surface area (Å²) in [7, 11) is 1.71. The van der Waals surface area contributed by atoms with Crippen LogP contribution in [0.1, 0.15) is 6.92 Å². The zero-order valence-electron chi connectivity index (χ0n) is 12.0. The Labute approximate surface area is 116 Å². The van der Waals surface area contributed by atoms with Crippen molar-refractivity contribution in [3.05, 3.63) is 24.3 Å². The molecular weight excluding hydrogens is 238 g/mol. The van der Waals surface area contributed by atoms with Crippen molar-refractivity contribution in [3.8, 4) is 5.75 Å². The van der Waals surface area contributed by atoms with Gasteiger partial charge in [0.2, 0.25) is 0 Å². The lowest BCUT2D eigenvalue weighted by atomic mass is 10.1. The standard InChI is InChI=1S/C15H25N3O/c1-13(11-16)12-17-6-8-18(9-7-17)14-4-3-5-15(10-14)19-2/h3-5,10,13H,6-9,11-12,16H2,1-2H3. The predicted molar refractivity (Wildman–Crippen MR) is 79.9 cm³/mol. The Morgan fingerprint density at radius 3 is 2.63 bits per heavy atom. The molecule has 1 fully saturated rings. The minimum atomic E-state index is 0.586. The summed E-state index contributed by atoms with van der Waals surface area (Å²) < 4.78 is 5.28. The molecule has 1 aliphatic rings. The Balaban J connectivity index is 1.88. The van der Waals surface area contributed by atoms with Crippen molar-refractivity contribution in [1.29, 1.82) is 0 Å². The molecule has 0 aliphatic carbocycles. The summed E-state index contributed by atoms with van der Waals surface area (Å²) in [4.78, 5) is 4.93. The lowest BCUT2D eigenvalue weighted by Crippen LogP contribution is -2.48. The molecule has 0 spiro atoms. The molecule has 2 rings (SSSR count). The summed E-state index contributed by atoms with van der Waals surface area (Å²) in [6.07, 6.45) is 0. The van der Waals surface area contributed by atoms with Gasteiger partial charge in [0, 0.05) is 44.5 Å². The van der Waals surface area contributed by atoms with E-state index in [2.05, 4.69) is 34.9 Å². The molecule has 4 nitrogen and oxygen atoms in total. The highest BCUT2D eigenvalue weighted by Crippen LogP contribution is 2.22. The summed E-state index contributed by atoms with van der Waals surface area (Å²) in [6, 6.07) is 8.30. The number of methoxy groups -OCH3 is 1. The van der Waals surface area contributed by atoms with Gasteiger partial charge in [0.25, 0.3) is 0 Å². The molecule has 0 amide bonds. The van der Waals surface area contributed by atoms with E-state index in [1.165, 1.54) is 5.69 Å². The van der Waals surface area contributed by atoms with Crippen molar-refractivity contribution in [2.75, 3.05) is 51.3 Å². The average Bonchev–Trinajstić information content (AvgIpc) is 2.48. The van der Waals surface area contributed by atoms with Crippen LogP contribution < -0.4 is 15.4 Å². The minimum absolute atomic E-state index is 0.586. The summed E-state index contributed by atoms with van der Waals surface area (Å²) in [5.74, 6) is 1.51. The van der Waals surface area contributed by atoms with Gasteiger partial charge in [0.15, 0.2) is 0 Å². The van der Waals surface area contributed by atoms with Gasteiger partial charge in [-0.05, 0) is 24.6 Å². The highest BCUT2D eigenvalue weighted by Gasteiger charge is 2.18. The zero-order valence-corrected chi connectivity index (χ0v) is 12.0. The van der Waals surface area contributed by atoms with E-state index in [0.29, 0.717) is 5.92 Å². The molecule has 19 heavy (non-hydrogen) atoms. The van der Waals surface area contributed by atoms with Gasteiger partial charge in [-0.2, -0.15) is 0 Å². The third kappa shape index (κ3) is 3.85. The van der Waals surface area contributed by atoms with Gasteiger partial charge < -0.3 is 15.4 Å². The summed E-state index contributed by atoms with van der Waals surface area (Å²) in [5, 5.41) is 0. The molecule has 0 radical (unpaired) electrons. The fourth-order valence-electron chi connectivity index (χ4n) is 2.51. The molecule has 1 aromatic carbocycles. The molecule has 0 aromatic heterocycles. The second kappa shape index (κ2) is 6.78. The van der Waals surface area contributed by atoms with Gasteiger partial charge in [-0.3, -0.25) is 4.90 Å². The largest absolute Gasteiger partial charge is 0.497 e. The molecule has 2 N–H and O–H groups in total. The van der Waals surface area contributed by atoms with Crippen LogP contribution in [0.2, 0.25) is 0 Å². The molecule has 0 bridgehead atoms. The van der Waals surface area contributed by atoms with Crippen LogP contribution in [0.25, 0.3) is 0 Å². The maximum Gasteiger partial charge on any atom is 0.120 e. The van der Waals surface area contributed by atoms with E-state index in [9.17, 15) is 0 Å². The Morgan fingerprint density at radius 2 is 2.00 bits per heavy atom. The van der Waals surface area contributed by atoms with Crippen molar-refractivity contribution in [2.24, 2.45) is 11.7 Å². The normalized spacial score (nSPS) is 18.4. The maximum atomic E-state index is 5.69. The van der Waals surface area contributed by atoms with Crippen LogP contribution in [0.15, 0.2) is 24.3 Å². The Hall–Kier alpha value is -1.26. The number of anilines is 1. The van der Waals surface area contributed by atoms with Crippen molar-refractivity contribution in [2.45, 2.75) is 6.92 Å². The first-order valence-electron chi connectivity index (χ1n) is 7.04. The van der Waals surface area contributed by atoms with Gasteiger partial charge in [-0.25, -0.2) is 0 Å². The average molecular weight is 263 g/mol. The van der Waals surface area contributed by atoms with E-state index in [0.717, 1.165) is 45.0 Å². The number of piperazine rings is 1. The number of hydrogen-bond donors (Lipinski definition) is 1. The monoisotopic (exact) mass is 263 g/mol. The predicted octanol–water partition coefficient (Wildman–Crippen LogP) is 1.41. The first-order chi connectivity index (χ1) is 9.22. The topological polar surface area (TPSA) is 41.7 Å². The van der Waals surface area contributed by atoms with Gasteiger partial charge in [0.05, 0.1) is 7.11 Å². The second-order valence-corrected chi connectivity index (χ2v) is 5.33. The third-order valence-electron chi connectivity index (χ3n) is 3.76. The van der Waals surface area contributed by atoms with Crippen LogP contribution in [0.4, 0.5) is 5.69 Å². The molecule has 1 aliphatic heterocycles.